The van der Waals surface area contributed by atoms with E-state index >= 15 is 0 Å². The van der Waals surface area contributed by atoms with Gasteiger partial charge in [0.15, 0.2) is 0 Å². The minimum absolute atomic E-state index is 0.0363. The zero-order valence-electron chi connectivity index (χ0n) is 94.4. The Morgan fingerprint density at radius 2 is 0.568 bits per heavy atom. The Morgan fingerprint density at radius 3 is 0.950 bits per heavy atom. The van der Waals surface area contributed by atoms with Crippen molar-refractivity contribution in [1.82, 2.24) is 13.7 Å². The van der Waals surface area contributed by atoms with Crippen molar-refractivity contribution in [2.24, 2.45) is 0 Å². The van der Waals surface area contributed by atoms with Crippen molar-refractivity contribution in [3.63, 3.8) is 0 Å². The molecule has 18 aromatic carbocycles. The number of aromatic nitrogens is 3. The molecule has 2 aliphatic rings. The number of fused-ring (bicyclic) bond motifs is 13. The first-order valence-corrected chi connectivity index (χ1v) is 48.7. The Labute approximate surface area is 836 Å². The summed E-state index contributed by atoms with van der Waals surface area (Å²) in [5.41, 5.74) is 27.6. The van der Waals surface area contributed by atoms with Crippen LogP contribution in [0.15, 0.2) is 394 Å². The molecule has 0 atom stereocenters. The van der Waals surface area contributed by atoms with Gasteiger partial charge in [0.05, 0.1) is 66.6 Å². The molecule has 0 spiro atoms. The quantitative estimate of drug-likeness (QED) is 0.108. The largest absolute Gasteiger partial charge is 0.310 e. The van der Waals surface area contributed by atoms with E-state index < -0.39 is 55.1 Å². The molecule has 5 heterocycles. The van der Waals surface area contributed by atoms with Crippen LogP contribution in [0, 0.1) is 0 Å². The zero-order valence-corrected chi connectivity index (χ0v) is 82.4. The maximum Gasteiger partial charge on any atom is 0.252 e. The molecule has 0 fully saturated rings. The van der Waals surface area contributed by atoms with Crippen molar-refractivity contribution in [2.75, 3.05) is 14.7 Å². The number of nitrogens with zero attached hydrogens (tertiary/aromatic N) is 6. The fourth-order valence-corrected chi connectivity index (χ4v) is 21.3. The highest BCUT2D eigenvalue weighted by atomic mass is 15.2. The van der Waals surface area contributed by atoms with E-state index in [9.17, 15) is 13.7 Å². The first-order valence-electron chi connectivity index (χ1n) is 54.7. The summed E-state index contributed by atoms with van der Waals surface area (Å²) in [4.78, 5) is 6.83. The van der Waals surface area contributed by atoms with Crippen LogP contribution >= 0.6 is 0 Å². The zero-order chi connectivity index (χ0) is 106. The Hall–Kier alpha value is -15.2. The Kier molecular flexibility index (Phi) is 17.7. The van der Waals surface area contributed by atoms with Crippen molar-refractivity contribution in [2.45, 2.75) is 157 Å². The van der Waals surface area contributed by atoms with Gasteiger partial charge in [-0.05, 0) is 255 Å². The lowest BCUT2D eigenvalue weighted by atomic mass is 9.33. The summed E-state index contributed by atoms with van der Waals surface area (Å²) in [7, 11) is 0. The molecule has 0 unspecified atom stereocenters. The number of hydrogen-bond donors (Lipinski definition) is 0. The van der Waals surface area contributed by atoms with Crippen molar-refractivity contribution >= 4 is 140 Å². The van der Waals surface area contributed by atoms with Gasteiger partial charge in [-0.15, -0.1) is 0 Å². The molecule has 7 heteroatoms. The topological polar surface area (TPSA) is 24.5 Å². The van der Waals surface area contributed by atoms with Crippen molar-refractivity contribution < 1.29 is 16.4 Å². The summed E-state index contributed by atoms with van der Waals surface area (Å²) >= 11 is 0. The summed E-state index contributed by atoms with van der Waals surface area (Å²) in [6, 6.07) is 109. The van der Waals surface area contributed by atoms with Crippen LogP contribution in [-0.2, 0) is 32.5 Å². The molecule has 6 nitrogen and oxygen atoms in total. The van der Waals surface area contributed by atoms with E-state index in [1.807, 2.05) is 9.47 Å². The standard InChI is InChI=1S/C132H119BN6/c1-127(2,3)90-54-69-116-108(77-90)109-78-91(128(4,5)6)55-70-117(109)136(116)99-64-60-97(61-65-99)134(96-58-62-98(63-59-96)135-114-51-33-31-45-106(114)107-46-32-34-52-115(107)135)101-82-122-124-123(83-101)139(126-104(86-41-27-21-28-42-86)49-36-50-105(126)87-43-29-22-30-44-87)121-81-100(137-118-71-56-92(129(7,8)9)79-110(118)111-80-93(130(10,11)12)57-72-119(111)137)66-68-113(121)133(124)112-67-53-88(89-73-94(131(13,14)15)76-95(74-89)132(16,17)18)75-120(112)138(122)125-102(84-37-23-19-24-38-84)47-35-48-103(125)85-39-25-20-26-40-85/h19-83H,1-18H3/i31D,32D,33D,34D,45D,46D,51D,52D,60D,61D,64D,65D. The van der Waals surface area contributed by atoms with Crippen molar-refractivity contribution in [3.8, 4) is 72.7 Å². The van der Waals surface area contributed by atoms with Gasteiger partial charge < -0.3 is 28.4 Å². The van der Waals surface area contributed by atoms with Crippen LogP contribution < -0.4 is 31.1 Å². The molecule has 139 heavy (non-hydrogen) atoms. The van der Waals surface area contributed by atoms with Gasteiger partial charge in [-0.2, -0.15) is 0 Å². The first-order chi connectivity index (χ1) is 71.7. The van der Waals surface area contributed by atoms with Gasteiger partial charge in [0.1, 0.15) is 0 Å². The highest BCUT2D eigenvalue weighted by Crippen LogP contribution is 2.57. The van der Waals surface area contributed by atoms with E-state index in [4.69, 9.17) is 2.74 Å². The van der Waals surface area contributed by atoms with Crippen LogP contribution in [0.25, 0.3) is 138 Å². The molecule has 21 aromatic rings. The third-order valence-corrected chi connectivity index (χ3v) is 28.9. The minimum Gasteiger partial charge on any atom is -0.310 e. The number of para-hydroxylation sites is 4. The highest BCUT2D eigenvalue weighted by Gasteiger charge is 2.47. The summed E-state index contributed by atoms with van der Waals surface area (Å²) in [6.07, 6.45) is 0. The normalized spacial score (nSPS) is 14.3. The smallest absolute Gasteiger partial charge is 0.252 e. The van der Waals surface area contributed by atoms with E-state index in [0.29, 0.717) is 33.8 Å². The van der Waals surface area contributed by atoms with Crippen LogP contribution in [0.4, 0.5) is 51.2 Å². The van der Waals surface area contributed by atoms with E-state index in [-0.39, 0.29) is 95.5 Å². The Bertz CT molecular complexity index is 8870. The number of rotatable bonds is 13. The molecule has 0 bridgehead atoms. The molecular weight excluding hydrogens is 1680 g/mol. The summed E-state index contributed by atoms with van der Waals surface area (Å²) in [5.74, 6) is 0. The lowest BCUT2D eigenvalue weighted by Crippen LogP contribution is -2.61. The third-order valence-electron chi connectivity index (χ3n) is 28.9. The van der Waals surface area contributed by atoms with Crippen molar-refractivity contribution in [3.05, 3.63) is 427 Å². The van der Waals surface area contributed by atoms with Gasteiger partial charge in [0.25, 0.3) is 6.71 Å². The van der Waals surface area contributed by atoms with Crippen LogP contribution in [0.1, 0.15) is 174 Å². The van der Waals surface area contributed by atoms with E-state index in [1.54, 1.807) is 24.3 Å². The van der Waals surface area contributed by atoms with Crippen LogP contribution in [0.5, 0.6) is 0 Å². The van der Waals surface area contributed by atoms with Crippen LogP contribution in [-0.4, -0.2) is 20.4 Å². The monoisotopic (exact) mass is 1810 g/mol. The number of hydrogen-bond acceptors (Lipinski definition) is 3. The third kappa shape index (κ3) is 15.1. The number of anilines is 9. The highest BCUT2D eigenvalue weighted by molar-refractivity contribution is 7.00. The molecule has 3 aromatic heterocycles. The maximum atomic E-state index is 11.5. The summed E-state index contributed by atoms with van der Waals surface area (Å²) in [6.45, 7) is 39.8. The molecule has 0 amide bonds. The molecule has 2 aliphatic heterocycles. The predicted molar refractivity (Wildman–Crippen MR) is 598 cm³/mol. The fourth-order valence-electron chi connectivity index (χ4n) is 21.3. The summed E-state index contributed by atoms with van der Waals surface area (Å²) in [5, 5.41) is 3.86. The molecule has 23 rings (SSSR count). The van der Waals surface area contributed by atoms with Gasteiger partial charge in [-0.25, -0.2) is 0 Å². The molecule has 0 N–H and O–H groups in total. The number of benzene rings is 18. The van der Waals surface area contributed by atoms with Crippen LogP contribution in [0.3, 0.4) is 0 Å². The Balaban J connectivity index is 0.918. The molecule has 0 saturated carbocycles. The molecule has 0 aliphatic carbocycles. The van der Waals surface area contributed by atoms with E-state index in [1.165, 1.54) is 26.8 Å². The second-order valence-electron chi connectivity index (χ2n) is 44.1. The van der Waals surface area contributed by atoms with Gasteiger partial charge in [-0.1, -0.05) is 379 Å². The first kappa shape index (κ1) is 75.0. The van der Waals surface area contributed by atoms with E-state index in [2.05, 4.69) is 436 Å². The lowest BCUT2D eigenvalue weighted by molar-refractivity contribution is 0.569. The second-order valence-corrected chi connectivity index (χ2v) is 44.1. The molecule has 680 valence electrons. The van der Waals surface area contributed by atoms with Crippen molar-refractivity contribution in [1.29, 1.82) is 0 Å². The van der Waals surface area contributed by atoms with Gasteiger partial charge in [0.2, 0.25) is 0 Å². The molecule has 0 radical (unpaired) electrons. The fraction of sp³-hybridized carbons (Fsp3) is 0.182. The molecule has 0 saturated heterocycles. The van der Waals surface area contributed by atoms with Crippen LogP contribution in [0.2, 0.25) is 0 Å². The lowest BCUT2D eigenvalue weighted by Gasteiger charge is -2.46. The van der Waals surface area contributed by atoms with Gasteiger partial charge in [0, 0.05) is 106 Å². The average molecular weight is 1810 g/mol. The SMILES string of the molecule is [2H]c1c([2H])c(-n2c3ccc(C(C)(C)C)cc3c3cc(C(C)(C)C)ccc32)c([2H])c([2H])c1N(c1ccc(-n2c3c([2H])c([2H])c([2H])c([2H])c3c3c([2H])c([2H])c([2H])c([2H])c32)cc1)c1cc2c3c(c1)N(c1c(-c4ccccc4)cccc1-c1ccccc1)c1cc(-n4c5ccc(C(C)(C)C)cc5c5cc(C(C)(C)C)ccc54)ccc1B3c1ccc(-c3cc(C(C)(C)C)cc(C(C)(C)C)c3)cc1N2c1c(-c2ccccc2)cccc1-c1ccccc1. The van der Waals surface area contributed by atoms with Gasteiger partial charge >= 0.3 is 0 Å². The van der Waals surface area contributed by atoms with Gasteiger partial charge in [-0.3, -0.25) is 0 Å². The maximum absolute atomic E-state index is 11.5. The second kappa shape index (κ2) is 32.8. The van der Waals surface area contributed by atoms with E-state index in [0.717, 1.165) is 144 Å². The average Bonchev–Trinajstić information content (AvgIpc) is 0.931. The molecular formula is C132H119BN6. The predicted octanol–water partition coefficient (Wildman–Crippen LogP) is 34.7. The minimum atomic E-state index is -0.620. The Morgan fingerprint density at radius 1 is 0.223 bits per heavy atom. The summed E-state index contributed by atoms with van der Waals surface area (Å²) < 4.78 is 127.